The number of anilines is 1. The van der Waals surface area contributed by atoms with Crippen LogP contribution in [-0.4, -0.2) is 38.8 Å². The van der Waals surface area contributed by atoms with Crippen LogP contribution in [0.4, 0.5) is 5.82 Å². The van der Waals surface area contributed by atoms with Crippen molar-refractivity contribution in [2.45, 2.75) is 25.4 Å². The maximum Gasteiger partial charge on any atom is 0.147 e. The van der Waals surface area contributed by atoms with Crippen LogP contribution < -0.4 is 10.6 Å². The maximum absolute atomic E-state index is 10.0. The normalized spacial score (nSPS) is 24.7. The lowest BCUT2D eigenvalue weighted by Gasteiger charge is -2.37. The Morgan fingerprint density at radius 3 is 2.82 bits per heavy atom. The molecule has 17 heavy (non-hydrogen) atoms. The quantitative estimate of drug-likeness (QED) is 0.745. The summed E-state index contributed by atoms with van der Waals surface area (Å²) in [4.78, 5) is 10.7. The number of nitrogens with zero attached hydrogens (tertiary/aromatic N) is 3. The van der Waals surface area contributed by atoms with Gasteiger partial charge in [0.2, 0.25) is 0 Å². The number of thiocarbonyl (C=S) groups is 1. The average molecular weight is 252 g/mol. The van der Waals surface area contributed by atoms with Crippen molar-refractivity contribution in [3.8, 4) is 0 Å². The average Bonchev–Trinajstić information content (AvgIpc) is 2.28. The van der Waals surface area contributed by atoms with Gasteiger partial charge < -0.3 is 15.7 Å². The van der Waals surface area contributed by atoms with Crippen molar-refractivity contribution in [1.82, 2.24) is 9.97 Å². The third kappa shape index (κ3) is 2.89. The Kier molecular flexibility index (Phi) is 3.26. The summed E-state index contributed by atoms with van der Waals surface area (Å²) in [5.74, 6) is 0.755. The largest absolute Gasteiger partial charge is 0.388 e. The first kappa shape index (κ1) is 12.2. The third-order valence-corrected chi connectivity index (χ3v) is 3.10. The summed E-state index contributed by atoms with van der Waals surface area (Å²) in [7, 11) is 0. The Morgan fingerprint density at radius 1 is 1.53 bits per heavy atom. The lowest BCUT2D eigenvalue weighted by Crippen LogP contribution is -2.46. The predicted octanol–water partition coefficient (Wildman–Crippen LogP) is 0.462. The molecule has 0 radical (unpaired) electrons. The minimum absolute atomic E-state index is 0.245. The second kappa shape index (κ2) is 4.54. The molecule has 5 nitrogen and oxygen atoms in total. The number of nitrogens with two attached hydrogens (primary N) is 1. The van der Waals surface area contributed by atoms with Gasteiger partial charge in [-0.3, -0.25) is 0 Å². The van der Waals surface area contributed by atoms with Crippen LogP contribution in [0.3, 0.4) is 0 Å². The molecule has 1 atom stereocenters. The molecule has 92 valence electrons. The lowest BCUT2D eigenvalue weighted by molar-refractivity contribution is 0.0447. The van der Waals surface area contributed by atoms with Crippen LogP contribution in [0.1, 0.15) is 25.5 Å². The molecule has 1 aromatic rings. The summed E-state index contributed by atoms with van der Waals surface area (Å²) >= 11 is 4.82. The molecule has 6 heteroatoms. The van der Waals surface area contributed by atoms with Crippen molar-refractivity contribution < 1.29 is 5.11 Å². The zero-order chi connectivity index (χ0) is 12.5. The third-order valence-electron chi connectivity index (χ3n) is 2.89. The van der Waals surface area contributed by atoms with Crippen LogP contribution in [-0.2, 0) is 0 Å². The first-order valence-corrected chi connectivity index (χ1v) is 5.98. The van der Waals surface area contributed by atoms with E-state index in [4.69, 9.17) is 18.0 Å². The minimum Gasteiger partial charge on any atom is -0.388 e. The van der Waals surface area contributed by atoms with Crippen molar-refractivity contribution in [2.24, 2.45) is 5.73 Å². The summed E-state index contributed by atoms with van der Waals surface area (Å²) in [6.45, 7) is 3.31. The predicted molar refractivity (Wildman–Crippen MR) is 70.0 cm³/mol. The zero-order valence-corrected chi connectivity index (χ0v) is 10.6. The van der Waals surface area contributed by atoms with Gasteiger partial charge in [0.15, 0.2) is 0 Å². The van der Waals surface area contributed by atoms with Gasteiger partial charge in [0.25, 0.3) is 0 Å². The van der Waals surface area contributed by atoms with Gasteiger partial charge >= 0.3 is 0 Å². The molecule has 0 aromatic carbocycles. The van der Waals surface area contributed by atoms with Crippen molar-refractivity contribution in [3.05, 3.63) is 18.1 Å². The van der Waals surface area contributed by atoms with Gasteiger partial charge in [-0.05, 0) is 19.8 Å². The molecule has 1 aliphatic heterocycles. The molecule has 2 heterocycles. The molecule has 1 saturated heterocycles. The SMILES string of the molecule is CC1(O)CCCN(c2cnc(C(N)=S)cn2)C1. The van der Waals surface area contributed by atoms with E-state index in [1.807, 2.05) is 11.8 Å². The van der Waals surface area contributed by atoms with Gasteiger partial charge in [-0.15, -0.1) is 0 Å². The van der Waals surface area contributed by atoms with E-state index in [9.17, 15) is 5.11 Å². The highest BCUT2D eigenvalue weighted by atomic mass is 32.1. The maximum atomic E-state index is 10.0. The Labute approximate surface area is 106 Å². The molecule has 1 unspecified atom stereocenters. The molecule has 1 aliphatic rings. The topological polar surface area (TPSA) is 75.3 Å². The zero-order valence-electron chi connectivity index (χ0n) is 9.76. The Hall–Kier alpha value is -1.27. The highest BCUT2D eigenvalue weighted by Gasteiger charge is 2.29. The van der Waals surface area contributed by atoms with Gasteiger partial charge in [0.05, 0.1) is 18.0 Å². The van der Waals surface area contributed by atoms with Crippen LogP contribution in [0, 0.1) is 0 Å². The molecule has 1 aromatic heterocycles. The van der Waals surface area contributed by atoms with Gasteiger partial charge in [-0.25, -0.2) is 9.97 Å². The van der Waals surface area contributed by atoms with Crippen LogP contribution in [0.5, 0.6) is 0 Å². The van der Waals surface area contributed by atoms with Crippen molar-refractivity contribution in [1.29, 1.82) is 0 Å². The first-order valence-electron chi connectivity index (χ1n) is 5.57. The van der Waals surface area contributed by atoms with Crippen molar-refractivity contribution >= 4 is 23.0 Å². The van der Waals surface area contributed by atoms with E-state index in [-0.39, 0.29) is 4.99 Å². The van der Waals surface area contributed by atoms with E-state index < -0.39 is 5.60 Å². The Balaban J connectivity index is 2.14. The van der Waals surface area contributed by atoms with Crippen LogP contribution in [0.25, 0.3) is 0 Å². The van der Waals surface area contributed by atoms with Crippen LogP contribution in [0.2, 0.25) is 0 Å². The number of rotatable bonds is 2. The number of β-amino-alcohol motifs (C(OH)–C–C–N with tert-alkyl or cyclic N) is 1. The highest BCUT2D eigenvalue weighted by Crippen LogP contribution is 2.23. The van der Waals surface area contributed by atoms with E-state index in [1.165, 1.54) is 0 Å². The molecular weight excluding hydrogens is 236 g/mol. The van der Waals surface area contributed by atoms with Gasteiger partial charge in [0, 0.05) is 13.1 Å². The van der Waals surface area contributed by atoms with Crippen LogP contribution >= 0.6 is 12.2 Å². The summed E-state index contributed by atoms with van der Waals surface area (Å²) < 4.78 is 0. The smallest absolute Gasteiger partial charge is 0.147 e. The summed E-state index contributed by atoms with van der Waals surface area (Å²) in [6.07, 6.45) is 4.99. The number of hydrogen-bond acceptors (Lipinski definition) is 5. The molecule has 0 amide bonds. The van der Waals surface area contributed by atoms with E-state index in [1.54, 1.807) is 12.4 Å². The van der Waals surface area contributed by atoms with E-state index >= 15 is 0 Å². The Bertz CT molecular complexity index is 418. The van der Waals surface area contributed by atoms with Gasteiger partial charge in [0.1, 0.15) is 16.5 Å². The molecule has 3 N–H and O–H groups in total. The second-order valence-corrected chi connectivity index (χ2v) is 5.09. The highest BCUT2D eigenvalue weighted by molar-refractivity contribution is 7.80. The molecule has 0 spiro atoms. The minimum atomic E-state index is -0.651. The molecule has 0 saturated carbocycles. The summed E-state index contributed by atoms with van der Waals surface area (Å²) in [5, 5.41) is 10.0. The van der Waals surface area contributed by atoms with E-state index in [0.29, 0.717) is 12.2 Å². The summed E-state index contributed by atoms with van der Waals surface area (Å²) in [5.41, 5.74) is 5.33. The van der Waals surface area contributed by atoms with Gasteiger partial charge in [-0.1, -0.05) is 12.2 Å². The molecule has 0 bridgehead atoms. The monoisotopic (exact) mass is 252 g/mol. The van der Waals surface area contributed by atoms with E-state index in [2.05, 4.69) is 9.97 Å². The first-order chi connectivity index (χ1) is 7.98. The standard InChI is InChI=1S/C11H16N4OS/c1-11(16)3-2-4-15(7-11)9-6-13-8(5-14-9)10(12)17/h5-6,16H,2-4,7H2,1H3,(H2,12,17). The number of aromatic nitrogens is 2. The van der Waals surface area contributed by atoms with Crippen molar-refractivity contribution in [3.63, 3.8) is 0 Å². The lowest BCUT2D eigenvalue weighted by atomic mass is 9.95. The fraction of sp³-hybridized carbons (Fsp3) is 0.545. The fourth-order valence-electron chi connectivity index (χ4n) is 2.03. The van der Waals surface area contributed by atoms with Crippen LogP contribution in [0.15, 0.2) is 12.4 Å². The second-order valence-electron chi connectivity index (χ2n) is 4.65. The Morgan fingerprint density at radius 2 is 2.29 bits per heavy atom. The molecule has 2 rings (SSSR count). The molecule has 0 aliphatic carbocycles. The van der Waals surface area contributed by atoms with E-state index in [0.717, 1.165) is 25.2 Å². The molecule has 1 fully saturated rings. The fourth-order valence-corrected chi connectivity index (χ4v) is 2.13. The number of aliphatic hydroxyl groups is 1. The molecular formula is C11H16N4OS. The van der Waals surface area contributed by atoms with Crippen molar-refractivity contribution in [2.75, 3.05) is 18.0 Å². The van der Waals surface area contributed by atoms with Gasteiger partial charge in [-0.2, -0.15) is 0 Å². The number of hydrogen-bond donors (Lipinski definition) is 2. The number of piperidine rings is 1. The summed E-state index contributed by atoms with van der Waals surface area (Å²) in [6, 6.07) is 0.